The first-order chi connectivity index (χ1) is 9.99. The molecule has 2 N–H and O–H groups in total. The molecule has 0 aliphatic heterocycles. The highest BCUT2D eigenvalue weighted by molar-refractivity contribution is 5.99. The van der Waals surface area contributed by atoms with Crippen molar-refractivity contribution in [1.82, 2.24) is 10.6 Å². The standard InChI is InChI=1S/C13H17N3O5/c1-3-6-14-12(17)8-15-13(18)10-7-9(16(19)20)4-5-11(10)21-2/h4-5,7H,3,6,8H2,1-2H3,(H,14,17)(H,15,18). The zero-order valence-corrected chi connectivity index (χ0v) is 11.8. The number of ether oxygens (including phenoxy) is 1. The van der Waals surface area contributed by atoms with Gasteiger partial charge in [-0.2, -0.15) is 0 Å². The monoisotopic (exact) mass is 295 g/mol. The average Bonchev–Trinajstić information content (AvgIpc) is 2.49. The molecule has 0 saturated carbocycles. The molecular formula is C13H17N3O5. The molecule has 0 aliphatic rings. The van der Waals surface area contributed by atoms with Gasteiger partial charge in [0.25, 0.3) is 11.6 Å². The van der Waals surface area contributed by atoms with Crippen molar-refractivity contribution in [3.05, 3.63) is 33.9 Å². The van der Waals surface area contributed by atoms with E-state index in [1.165, 1.54) is 19.2 Å². The van der Waals surface area contributed by atoms with Crippen LogP contribution in [0.4, 0.5) is 5.69 Å². The number of benzene rings is 1. The number of non-ortho nitro benzene ring substituents is 1. The summed E-state index contributed by atoms with van der Waals surface area (Å²) in [5.41, 5.74) is -0.216. The number of nitrogens with one attached hydrogen (secondary N) is 2. The summed E-state index contributed by atoms with van der Waals surface area (Å²) in [5.74, 6) is -0.733. The summed E-state index contributed by atoms with van der Waals surface area (Å²) in [6, 6.07) is 3.69. The Morgan fingerprint density at radius 1 is 1.33 bits per heavy atom. The normalized spacial score (nSPS) is 9.81. The van der Waals surface area contributed by atoms with Crippen molar-refractivity contribution in [1.29, 1.82) is 0 Å². The summed E-state index contributed by atoms with van der Waals surface area (Å²) < 4.78 is 4.99. The second-order valence-electron chi connectivity index (χ2n) is 4.17. The quantitative estimate of drug-likeness (QED) is 0.572. The molecule has 0 unspecified atom stereocenters. The number of carbonyl (C=O) groups excluding carboxylic acids is 2. The van der Waals surface area contributed by atoms with Crippen LogP contribution in [0.5, 0.6) is 5.75 Å². The molecule has 0 radical (unpaired) electrons. The molecule has 8 heteroatoms. The highest BCUT2D eigenvalue weighted by atomic mass is 16.6. The predicted octanol–water partition coefficient (Wildman–Crippen LogP) is 0.859. The van der Waals surface area contributed by atoms with Crippen LogP contribution < -0.4 is 15.4 Å². The summed E-state index contributed by atoms with van der Waals surface area (Å²) in [6.45, 7) is 2.23. The van der Waals surface area contributed by atoms with Gasteiger partial charge in [0.1, 0.15) is 5.75 Å². The Labute approximate surface area is 121 Å². The van der Waals surface area contributed by atoms with Gasteiger partial charge in [0.2, 0.25) is 5.91 Å². The van der Waals surface area contributed by atoms with Gasteiger partial charge in [0, 0.05) is 18.7 Å². The van der Waals surface area contributed by atoms with E-state index in [0.29, 0.717) is 6.54 Å². The first kappa shape index (κ1) is 16.4. The van der Waals surface area contributed by atoms with Gasteiger partial charge in [-0.3, -0.25) is 19.7 Å². The molecule has 0 aliphatic carbocycles. The Bertz CT molecular complexity index is 545. The number of nitro benzene ring substituents is 1. The molecule has 1 rings (SSSR count). The highest BCUT2D eigenvalue weighted by Gasteiger charge is 2.17. The van der Waals surface area contributed by atoms with E-state index in [1.54, 1.807) is 0 Å². The smallest absolute Gasteiger partial charge is 0.270 e. The van der Waals surface area contributed by atoms with Crippen LogP contribution in [0.15, 0.2) is 18.2 Å². The molecule has 0 saturated heterocycles. The Kier molecular flexibility index (Phi) is 6.12. The maximum absolute atomic E-state index is 12.0. The lowest BCUT2D eigenvalue weighted by Gasteiger charge is -2.09. The molecule has 0 atom stereocenters. The minimum atomic E-state index is -0.609. The fourth-order valence-electron chi connectivity index (χ4n) is 1.57. The molecule has 0 bridgehead atoms. The van der Waals surface area contributed by atoms with Crippen molar-refractivity contribution in [2.24, 2.45) is 0 Å². The van der Waals surface area contributed by atoms with Crippen molar-refractivity contribution in [3.63, 3.8) is 0 Å². The fraction of sp³-hybridized carbons (Fsp3) is 0.385. The summed E-state index contributed by atoms with van der Waals surface area (Å²) in [7, 11) is 1.35. The number of methoxy groups -OCH3 is 1. The molecule has 0 fully saturated rings. The van der Waals surface area contributed by atoms with E-state index in [-0.39, 0.29) is 29.5 Å². The number of nitro groups is 1. The fourth-order valence-corrected chi connectivity index (χ4v) is 1.57. The van der Waals surface area contributed by atoms with Crippen LogP contribution in [0.3, 0.4) is 0 Å². The SMILES string of the molecule is CCCNC(=O)CNC(=O)c1cc([N+](=O)[O-])ccc1OC. The second kappa shape index (κ2) is 7.83. The lowest BCUT2D eigenvalue weighted by molar-refractivity contribution is -0.384. The van der Waals surface area contributed by atoms with Crippen LogP contribution >= 0.6 is 0 Å². The van der Waals surface area contributed by atoms with Crippen molar-refractivity contribution in [3.8, 4) is 5.75 Å². The van der Waals surface area contributed by atoms with Crippen LogP contribution in [-0.2, 0) is 4.79 Å². The molecule has 1 aromatic carbocycles. The van der Waals surface area contributed by atoms with E-state index >= 15 is 0 Å². The van der Waals surface area contributed by atoms with E-state index in [1.807, 2.05) is 6.92 Å². The minimum Gasteiger partial charge on any atom is -0.496 e. The largest absolute Gasteiger partial charge is 0.496 e. The van der Waals surface area contributed by atoms with Gasteiger partial charge in [-0.1, -0.05) is 6.92 Å². The average molecular weight is 295 g/mol. The van der Waals surface area contributed by atoms with E-state index in [9.17, 15) is 19.7 Å². The van der Waals surface area contributed by atoms with Crippen LogP contribution in [0.1, 0.15) is 23.7 Å². The van der Waals surface area contributed by atoms with Gasteiger partial charge in [0.15, 0.2) is 0 Å². The number of amides is 2. The third-order valence-electron chi connectivity index (χ3n) is 2.62. The number of nitrogens with zero attached hydrogens (tertiary/aromatic N) is 1. The first-order valence-corrected chi connectivity index (χ1v) is 6.37. The predicted molar refractivity (Wildman–Crippen MR) is 75.3 cm³/mol. The molecule has 0 spiro atoms. The Morgan fingerprint density at radius 2 is 2.05 bits per heavy atom. The molecule has 114 valence electrons. The Morgan fingerprint density at radius 3 is 2.62 bits per heavy atom. The van der Waals surface area contributed by atoms with Gasteiger partial charge in [-0.05, 0) is 12.5 Å². The molecule has 2 amide bonds. The van der Waals surface area contributed by atoms with Gasteiger partial charge in [-0.25, -0.2) is 0 Å². The van der Waals surface area contributed by atoms with Crippen LogP contribution in [0.25, 0.3) is 0 Å². The zero-order chi connectivity index (χ0) is 15.8. The van der Waals surface area contributed by atoms with Gasteiger partial charge in [0.05, 0.1) is 24.1 Å². The van der Waals surface area contributed by atoms with Gasteiger partial charge < -0.3 is 15.4 Å². The Hall–Kier alpha value is -2.64. The molecule has 1 aromatic rings. The summed E-state index contributed by atoms with van der Waals surface area (Å²) in [5, 5.41) is 15.7. The van der Waals surface area contributed by atoms with Gasteiger partial charge in [-0.15, -0.1) is 0 Å². The second-order valence-corrected chi connectivity index (χ2v) is 4.17. The minimum absolute atomic E-state index is 0.00925. The lowest BCUT2D eigenvalue weighted by Crippen LogP contribution is -2.37. The van der Waals surface area contributed by atoms with E-state index in [4.69, 9.17) is 4.74 Å². The topological polar surface area (TPSA) is 111 Å². The van der Waals surface area contributed by atoms with Crippen LogP contribution in [-0.4, -0.2) is 36.9 Å². The maximum atomic E-state index is 12.0. The zero-order valence-electron chi connectivity index (χ0n) is 11.8. The van der Waals surface area contributed by atoms with Crippen molar-refractivity contribution in [2.75, 3.05) is 20.2 Å². The van der Waals surface area contributed by atoms with Crippen LogP contribution in [0, 0.1) is 10.1 Å². The number of hydrogen-bond acceptors (Lipinski definition) is 5. The number of carbonyl (C=O) groups is 2. The number of rotatable bonds is 7. The molecule has 8 nitrogen and oxygen atoms in total. The number of hydrogen-bond donors (Lipinski definition) is 2. The third-order valence-corrected chi connectivity index (χ3v) is 2.62. The summed E-state index contributed by atoms with van der Waals surface area (Å²) in [6.07, 6.45) is 0.790. The molecule has 21 heavy (non-hydrogen) atoms. The van der Waals surface area contributed by atoms with Gasteiger partial charge >= 0.3 is 0 Å². The van der Waals surface area contributed by atoms with Crippen molar-refractivity contribution >= 4 is 17.5 Å². The van der Waals surface area contributed by atoms with Crippen molar-refractivity contribution in [2.45, 2.75) is 13.3 Å². The van der Waals surface area contributed by atoms with E-state index in [0.717, 1.165) is 12.5 Å². The lowest BCUT2D eigenvalue weighted by atomic mass is 10.1. The highest BCUT2D eigenvalue weighted by Crippen LogP contribution is 2.23. The molecule has 0 heterocycles. The molecular weight excluding hydrogens is 278 g/mol. The maximum Gasteiger partial charge on any atom is 0.270 e. The van der Waals surface area contributed by atoms with E-state index in [2.05, 4.69) is 10.6 Å². The third kappa shape index (κ3) is 4.75. The molecule has 0 aromatic heterocycles. The first-order valence-electron chi connectivity index (χ1n) is 6.37. The summed E-state index contributed by atoms with van der Waals surface area (Å²) >= 11 is 0. The Balaban J connectivity index is 2.78. The van der Waals surface area contributed by atoms with Crippen molar-refractivity contribution < 1.29 is 19.2 Å². The van der Waals surface area contributed by atoms with Crippen LogP contribution in [0.2, 0.25) is 0 Å². The summed E-state index contributed by atoms with van der Waals surface area (Å²) in [4.78, 5) is 33.5. The van der Waals surface area contributed by atoms with E-state index < -0.39 is 10.8 Å².